The summed E-state index contributed by atoms with van der Waals surface area (Å²) in [5.41, 5.74) is 0. The average Bonchev–Trinajstić information content (AvgIpc) is 0.918. The van der Waals surface area contributed by atoms with Gasteiger partial charge < -0.3 is 0 Å². The summed E-state index contributed by atoms with van der Waals surface area (Å²) >= 11 is 0. The third kappa shape index (κ3) is 16.8. The molecule has 0 heterocycles. The summed E-state index contributed by atoms with van der Waals surface area (Å²) in [5.74, 6) is 0. The molecule has 0 radical (unpaired) electrons. The SMILES string of the molecule is CCC.[Pd]. The molecule has 0 nitrogen and oxygen atoms in total. The van der Waals surface area contributed by atoms with Gasteiger partial charge in [0, 0.05) is 20.4 Å². The monoisotopic (exact) mass is 150 g/mol. The van der Waals surface area contributed by atoms with Crippen molar-refractivity contribution < 1.29 is 20.4 Å². The molecule has 0 fully saturated rings. The molecule has 0 N–H and O–H groups in total. The first kappa shape index (κ1) is 8.82. The summed E-state index contributed by atoms with van der Waals surface area (Å²) in [6, 6.07) is 0. The summed E-state index contributed by atoms with van der Waals surface area (Å²) < 4.78 is 0. The minimum atomic E-state index is 0. The van der Waals surface area contributed by atoms with Gasteiger partial charge in [0.15, 0.2) is 0 Å². The third-order valence-electron chi connectivity index (χ3n) is 0. The fourth-order valence-electron chi connectivity index (χ4n) is 0. The van der Waals surface area contributed by atoms with Crippen molar-refractivity contribution in [2.24, 2.45) is 0 Å². The van der Waals surface area contributed by atoms with Crippen molar-refractivity contribution in [2.75, 3.05) is 0 Å². The minimum absolute atomic E-state index is 0. The molecule has 0 saturated heterocycles. The normalized spacial score (nSPS) is 4.50. The van der Waals surface area contributed by atoms with Crippen LogP contribution >= 0.6 is 0 Å². The first-order valence-electron chi connectivity index (χ1n) is 1.41. The zero-order valence-electron chi connectivity index (χ0n) is 3.02. The standard InChI is InChI=1S/C3H8.Pd/c1-3-2;/h3H2,1-2H3;. The fraction of sp³-hybridized carbons (Fsp3) is 1.00. The maximum absolute atomic E-state index is 2.12. The van der Waals surface area contributed by atoms with E-state index in [-0.39, 0.29) is 20.4 Å². The summed E-state index contributed by atoms with van der Waals surface area (Å²) in [6.45, 7) is 4.25. The average molecular weight is 151 g/mol. The van der Waals surface area contributed by atoms with Gasteiger partial charge in [0.05, 0.1) is 0 Å². The summed E-state index contributed by atoms with van der Waals surface area (Å²) in [7, 11) is 0. The van der Waals surface area contributed by atoms with Gasteiger partial charge in [-0.1, -0.05) is 20.3 Å². The largest absolute Gasteiger partial charge is 0.0656 e. The zero-order chi connectivity index (χ0) is 2.71. The molecule has 30 valence electrons. The Bertz CT molecular complexity index is 3.25. The van der Waals surface area contributed by atoms with E-state index in [1.807, 2.05) is 0 Å². The van der Waals surface area contributed by atoms with Gasteiger partial charge in [0.2, 0.25) is 0 Å². The summed E-state index contributed by atoms with van der Waals surface area (Å²) in [6.07, 6.45) is 1.25. The molecule has 0 aromatic heterocycles. The van der Waals surface area contributed by atoms with E-state index >= 15 is 0 Å². The minimum Gasteiger partial charge on any atom is -0.0656 e. The quantitative estimate of drug-likeness (QED) is 0.458. The maximum atomic E-state index is 2.12. The van der Waals surface area contributed by atoms with Crippen molar-refractivity contribution >= 4 is 0 Å². The Morgan fingerprint density at radius 2 is 1.25 bits per heavy atom. The van der Waals surface area contributed by atoms with Crippen molar-refractivity contribution in [1.29, 1.82) is 0 Å². The molecule has 0 rings (SSSR count). The van der Waals surface area contributed by atoms with Crippen LogP contribution in [0.4, 0.5) is 0 Å². The van der Waals surface area contributed by atoms with Crippen molar-refractivity contribution in [3.63, 3.8) is 0 Å². The molecule has 0 bridgehead atoms. The predicted molar refractivity (Wildman–Crippen MR) is 16.0 cm³/mol. The van der Waals surface area contributed by atoms with Gasteiger partial charge in [0.1, 0.15) is 0 Å². The molecule has 4 heavy (non-hydrogen) atoms. The Kier molecular flexibility index (Phi) is 20.7. The summed E-state index contributed by atoms with van der Waals surface area (Å²) in [5, 5.41) is 0. The molecule has 0 spiro atoms. The molecule has 0 saturated carbocycles. The topological polar surface area (TPSA) is 0 Å². The van der Waals surface area contributed by atoms with E-state index in [0.717, 1.165) is 0 Å². The molecule has 0 aliphatic carbocycles. The van der Waals surface area contributed by atoms with Gasteiger partial charge in [-0.2, -0.15) is 0 Å². The second-order valence-corrected chi connectivity index (χ2v) is 0.707. The summed E-state index contributed by atoms with van der Waals surface area (Å²) in [4.78, 5) is 0. The predicted octanol–water partition coefficient (Wildman–Crippen LogP) is 1.41. The molecule has 1 heteroatoms. The first-order chi connectivity index (χ1) is 1.41. The number of hydrogen-bond donors (Lipinski definition) is 0. The van der Waals surface area contributed by atoms with Crippen LogP contribution < -0.4 is 0 Å². The maximum Gasteiger partial charge on any atom is 0 e. The second-order valence-electron chi connectivity index (χ2n) is 0.707. The van der Waals surface area contributed by atoms with Crippen molar-refractivity contribution in [2.45, 2.75) is 20.3 Å². The molecule has 0 aromatic carbocycles. The Morgan fingerprint density at radius 1 is 1.25 bits per heavy atom. The van der Waals surface area contributed by atoms with Crippen LogP contribution in [0.15, 0.2) is 0 Å². The van der Waals surface area contributed by atoms with Crippen LogP contribution in [0, 0.1) is 0 Å². The van der Waals surface area contributed by atoms with Crippen molar-refractivity contribution in [3.05, 3.63) is 0 Å². The van der Waals surface area contributed by atoms with E-state index in [2.05, 4.69) is 13.8 Å². The smallest absolute Gasteiger partial charge is 0 e. The molecule has 0 aromatic rings. The fourth-order valence-corrected chi connectivity index (χ4v) is 0. The first-order valence-corrected chi connectivity index (χ1v) is 1.41. The Hall–Kier alpha value is 0.662. The van der Waals surface area contributed by atoms with Crippen LogP contribution in [0.3, 0.4) is 0 Å². The molecule has 0 amide bonds. The van der Waals surface area contributed by atoms with E-state index in [1.165, 1.54) is 6.42 Å². The van der Waals surface area contributed by atoms with Crippen molar-refractivity contribution in [1.82, 2.24) is 0 Å². The molecular formula is C3H8Pd. The molecule has 0 unspecified atom stereocenters. The van der Waals surface area contributed by atoms with Gasteiger partial charge >= 0.3 is 0 Å². The molecule has 0 aliphatic rings. The van der Waals surface area contributed by atoms with Crippen LogP contribution in [-0.2, 0) is 20.4 Å². The molecule has 0 aliphatic heterocycles. The number of hydrogen-bond acceptors (Lipinski definition) is 0. The van der Waals surface area contributed by atoms with Gasteiger partial charge in [-0.3, -0.25) is 0 Å². The zero-order valence-corrected chi connectivity index (χ0v) is 4.58. The van der Waals surface area contributed by atoms with Crippen LogP contribution in [0.2, 0.25) is 0 Å². The van der Waals surface area contributed by atoms with Gasteiger partial charge in [0.25, 0.3) is 0 Å². The number of rotatable bonds is 0. The van der Waals surface area contributed by atoms with E-state index in [4.69, 9.17) is 0 Å². The Morgan fingerprint density at radius 3 is 1.25 bits per heavy atom. The van der Waals surface area contributed by atoms with E-state index < -0.39 is 0 Å². The Labute approximate surface area is 41.2 Å². The molecule has 0 atom stereocenters. The van der Waals surface area contributed by atoms with Crippen molar-refractivity contribution in [3.8, 4) is 0 Å². The van der Waals surface area contributed by atoms with Crippen LogP contribution in [-0.4, -0.2) is 0 Å². The Balaban J connectivity index is 0. The van der Waals surface area contributed by atoms with Crippen LogP contribution in [0.1, 0.15) is 20.3 Å². The molecular weight excluding hydrogens is 142 g/mol. The van der Waals surface area contributed by atoms with Gasteiger partial charge in [-0.05, 0) is 0 Å². The second kappa shape index (κ2) is 9.39. The van der Waals surface area contributed by atoms with Crippen LogP contribution in [0.5, 0.6) is 0 Å². The third-order valence-corrected chi connectivity index (χ3v) is 0. The van der Waals surface area contributed by atoms with Crippen LogP contribution in [0.25, 0.3) is 0 Å². The van der Waals surface area contributed by atoms with E-state index in [9.17, 15) is 0 Å². The van der Waals surface area contributed by atoms with E-state index in [1.54, 1.807) is 0 Å². The van der Waals surface area contributed by atoms with Gasteiger partial charge in [-0.25, -0.2) is 0 Å². The van der Waals surface area contributed by atoms with E-state index in [0.29, 0.717) is 0 Å². The van der Waals surface area contributed by atoms with Gasteiger partial charge in [-0.15, -0.1) is 0 Å².